The normalized spacial score (nSPS) is 25.7. The Hall–Kier alpha value is -0.0800. The van der Waals surface area contributed by atoms with Crippen LogP contribution in [0.3, 0.4) is 0 Å². The van der Waals surface area contributed by atoms with Gasteiger partial charge in [-0.05, 0) is 25.2 Å². The third-order valence-electron chi connectivity index (χ3n) is 3.70. The van der Waals surface area contributed by atoms with Gasteiger partial charge >= 0.3 is 0 Å². The molecule has 0 aromatic carbocycles. The molecule has 0 amide bonds. The summed E-state index contributed by atoms with van der Waals surface area (Å²) >= 11 is 0. The van der Waals surface area contributed by atoms with Crippen molar-refractivity contribution in [2.75, 3.05) is 0 Å². The van der Waals surface area contributed by atoms with Crippen LogP contribution in [0.2, 0.25) is 0 Å². The molecule has 0 unspecified atom stereocenters. The van der Waals surface area contributed by atoms with E-state index < -0.39 is 0 Å². The molecule has 0 bridgehead atoms. The van der Waals surface area contributed by atoms with Crippen molar-refractivity contribution in [3.05, 3.63) is 0 Å². The van der Waals surface area contributed by atoms with E-state index in [1.165, 1.54) is 19.3 Å². The van der Waals surface area contributed by atoms with E-state index in [0.717, 1.165) is 19.3 Å². The second kappa shape index (κ2) is 5.72. The Bertz CT molecular complexity index is 150. The summed E-state index contributed by atoms with van der Waals surface area (Å²) in [5, 5.41) is 19.8. The molecule has 1 saturated carbocycles. The minimum absolute atomic E-state index is 0.0306. The summed E-state index contributed by atoms with van der Waals surface area (Å²) in [6.45, 7) is 3.93. The second-order valence-electron chi connectivity index (χ2n) is 4.72. The molecule has 1 fully saturated rings. The third-order valence-corrected chi connectivity index (χ3v) is 3.70. The van der Waals surface area contributed by atoms with Crippen molar-refractivity contribution in [1.82, 2.24) is 0 Å². The van der Waals surface area contributed by atoms with Crippen LogP contribution in [0.15, 0.2) is 0 Å². The first-order chi connectivity index (χ1) is 6.66. The van der Waals surface area contributed by atoms with E-state index in [-0.39, 0.29) is 18.1 Å². The SMILES string of the molecule is CC[C@@H](O)[C@@H](C)[C@@H](O)C1CCCCC1. The zero-order valence-corrected chi connectivity index (χ0v) is 9.45. The smallest absolute Gasteiger partial charge is 0.0618 e. The first-order valence-electron chi connectivity index (χ1n) is 6.03. The van der Waals surface area contributed by atoms with Crippen molar-refractivity contribution in [3.63, 3.8) is 0 Å². The highest BCUT2D eigenvalue weighted by Crippen LogP contribution is 2.30. The van der Waals surface area contributed by atoms with Crippen LogP contribution in [0.1, 0.15) is 52.4 Å². The molecular weight excluding hydrogens is 176 g/mol. The number of rotatable bonds is 4. The van der Waals surface area contributed by atoms with Gasteiger partial charge in [-0.15, -0.1) is 0 Å². The molecule has 0 saturated heterocycles. The van der Waals surface area contributed by atoms with Crippen molar-refractivity contribution in [2.45, 2.75) is 64.6 Å². The Labute approximate surface area is 87.3 Å². The fraction of sp³-hybridized carbons (Fsp3) is 1.00. The van der Waals surface area contributed by atoms with E-state index in [1.807, 2.05) is 13.8 Å². The van der Waals surface area contributed by atoms with Crippen LogP contribution in [0.4, 0.5) is 0 Å². The van der Waals surface area contributed by atoms with Gasteiger partial charge in [-0.2, -0.15) is 0 Å². The molecule has 0 aromatic heterocycles. The van der Waals surface area contributed by atoms with Gasteiger partial charge in [-0.3, -0.25) is 0 Å². The first kappa shape index (κ1) is 12.0. The molecule has 0 aromatic rings. The number of aliphatic hydroxyl groups excluding tert-OH is 2. The van der Waals surface area contributed by atoms with Crippen LogP contribution in [-0.4, -0.2) is 22.4 Å². The minimum atomic E-state index is -0.341. The molecule has 2 heteroatoms. The van der Waals surface area contributed by atoms with E-state index in [1.54, 1.807) is 0 Å². The molecule has 1 rings (SSSR count). The predicted octanol–water partition coefficient (Wildman–Crippen LogP) is 2.33. The largest absolute Gasteiger partial charge is 0.393 e. The Balaban J connectivity index is 2.41. The van der Waals surface area contributed by atoms with Gasteiger partial charge in [0.15, 0.2) is 0 Å². The number of hydrogen-bond donors (Lipinski definition) is 2. The van der Waals surface area contributed by atoms with Crippen molar-refractivity contribution >= 4 is 0 Å². The highest BCUT2D eigenvalue weighted by Gasteiger charge is 2.29. The zero-order chi connectivity index (χ0) is 10.6. The van der Waals surface area contributed by atoms with Crippen molar-refractivity contribution in [2.24, 2.45) is 11.8 Å². The molecule has 1 aliphatic carbocycles. The molecule has 2 N–H and O–H groups in total. The standard InChI is InChI=1S/C12H24O2/c1-3-11(13)9(2)12(14)10-7-5-4-6-8-10/h9-14H,3-8H2,1-2H3/t9-,11-,12-/m1/s1. The highest BCUT2D eigenvalue weighted by molar-refractivity contribution is 4.80. The maximum absolute atomic E-state index is 10.1. The molecule has 1 aliphatic rings. The lowest BCUT2D eigenvalue weighted by Gasteiger charge is -2.32. The summed E-state index contributed by atoms with van der Waals surface area (Å²) in [6.07, 6.45) is 6.19. The maximum atomic E-state index is 10.1. The van der Waals surface area contributed by atoms with Crippen LogP contribution >= 0.6 is 0 Å². The molecule has 84 valence electrons. The van der Waals surface area contributed by atoms with Gasteiger partial charge in [0.2, 0.25) is 0 Å². The van der Waals surface area contributed by atoms with E-state index in [4.69, 9.17) is 0 Å². The average molecular weight is 200 g/mol. The van der Waals surface area contributed by atoms with Gasteiger partial charge in [0, 0.05) is 5.92 Å². The molecule has 14 heavy (non-hydrogen) atoms. The summed E-state index contributed by atoms with van der Waals surface area (Å²) in [6, 6.07) is 0. The fourth-order valence-corrected chi connectivity index (χ4v) is 2.50. The first-order valence-corrected chi connectivity index (χ1v) is 6.03. The summed E-state index contributed by atoms with van der Waals surface area (Å²) < 4.78 is 0. The minimum Gasteiger partial charge on any atom is -0.393 e. The molecule has 3 atom stereocenters. The molecule has 0 spiro atoms. The van der Waals surface area contributed by atoms with E-state index in [9.17, 15) is 10.2 Å². The second-order valence-corrected chi connectivity index (χ2v) is 4.72. The maximum Gasteiger partial charge on any atom is 0.0618 e. The van der Waals surface area contributed by atoms with E-state index in [2.05, 4.69) is 0 Å². The fourth-order valence-electron chi connectivity index (χ4n) is 2.50. The van der Waals surface area contributed by atoms with Gasteiger partial charge in [-0.1, -0.05) is 33.1 Å². The van der Waals surface area contributed by atoms with Crippen molar-refractivity contribution in [1.29, 1.82) is 0 Å². The quantitative estimate of drug-likeness (QED) is 0.731. The van der Waals surface area contributed by atoms with E-state index >= 15 is 0 Å². The van der Waals surface area contributed by atoms with Gasteiger partial charge in [0.25, 0.3) is 0 Å². The number of aliphatic hydroxyl groups is 2. The van der Waals surface area contributed by atoms with Crippen LogP contribution in [-0.2, 0) is 0 Å². The summed E-state index contributed by atoms with van der Waals surface area (Å²) in [7, 11) is 0. The number of hydrogen-bond acceptors (Lipinski definition) is 2. The topological polar surface area (TPSA) is 40.5 Å². The molecule has 0 radical (unpaired) electrons. The zero-order valence-electron chi connectivity index (χ0n) is 9.45. The van der Waals surface area contributed by atoms with Crippen molar-refractivity contribution in [3.8, 4) is 0 Å². The summed E-state index contributed by atoms with van der Waals surface area (Å²) in [4.78, 5) is 0. The van der Waals surface area contributed by atoms with Gasteiger partial charge in [0.05, 0.1) is 12.2 Å². The molecule has 0 aliphatic heterocycles. The van der Waals surface area contributed by atoms with Crippen LogP contribution in [0.5, 0.6) is 0 Å². The average Bonchev–Trinajstić information content (AvgIpc) is 2.27. The van der Waals surface area contributed by atoms with Gasteiger partial charge < -0.3 is 10.2 Å². The van der Waals surface area contributed by atoms with Crippen LogP contribution in [0, 0.1) is 11.8 Å². The molecule has 2 nitrogen and oxygen atoms in total. The summed E-state index contributed by atoms with van der Waals surface area (Å²) in [5.74, 6) is 0.461. The van der Waals surface area contributed by atoms with E-state index in [0.29, 0.717) is 5.92 Å². The molecular formula is C12H24O2. The van der Waals surface area contributed by atoms with Crippen molar-refractivity contribution < 1.29 is 10.2 Å². The highest BCUT2D eigenvalue weighted by atomic mass is 16.3. The Kier molecular flexibility index (Phi) is 4.90. The van der Waals surface area contributed by atoms with Gasteiger partial charge in [-0.25, -0.2) is 0 Å². The Morgan fingerprint density at radius 2 is 1.71 bits per heavy atom. The monoisotopic (exact) mass is 200 g/mol. The van der Waals surface area contributed by atoms with Crippen LogP contribution in [0.25, 0.3) is 0 Å². The van der Waals surface area contributed by atoms with Crippen LogP contribution < -0.4 is 0 Å². The third kappa shape index (κ3) is 2.96. The Morgan fingerprint density at radius 1 is 1.14 bits per heavy atom. The lowest BCUT2D eigenvalue weighted by molar-refractivity contribution is -0.0205. The predicted molar refractivity (Wildman–Crippen MR) is 58.0 cm³/mol. The lowest BCUT2D eigenvalue weighted by atomic mass is 9.79. The van der Waals surface area contributed by atoms with Gasteiger partial charge in [0.1, 0.15) is 0 Å². The lowest BCUT2D eigenvalue weighted by Crippen LogP contribution is -2.35. The summed E-state index contributed by atoms with van der Waals surface area (Å²) in [5.41, 5.74) is 0. The Morgan fingerprint density at radius 3 is 2.21 bits per heavy atom. The molecule has 0 heterocycles.